The Labute approximate surface area is 197 Å². The van der Waals surface area contributed by atoms with Crippen molar-refractivity contribution in [3.05, 3.63) is 60.8 Å². The average molecular weight is 462 g/mol. The van der Waals surface area contributed by atoms with Gasteiger partial charge in [0.2, 0.25) is 0 Å². The Hall–Kier alpha value is -3.88. The molecule has 3 heterocycles. The number of rotatable bonds is 7. The van der Waals surface area contributed by atoms with E-state index in [9.17, 15) is 4.39 Å². The molecule has 2 aromatic heterocycles. The molecule has 1 saturated heterocycles. The van der Waals surface area contributed by atoms with Crippen molar-refractivity contribution in [1.82, 2.24) is 20.1 Å². The lowest BCUT2D eigenvalue weighted by Gasteiger charge is -2.36. The number of anilines is 1. The molecule has 0 unspecified atom stereocenters. The highest BCUT2D eigenvalue weighted by atomic mass is 19.1. The molecule has 0 bridgehead atoms. The average Bonchev–Trinajstić information content (AvgIpc) is 3.44. The van der Waals surface area contributed by atoms with Crippen LogP contribution in [0.1, 0.15) is 19.8 Å². The van der Waals surface area contributed by atoms with Gasteiger partial charge in [-0.1, -0.05) is 12.7 Å². The molecule has 34 heavy (non-hydrogen) atoms. The number of allylic oxidation sites excluding steroid dienone is 2. The molecule has 0 atom stereocenters. The van der Waals surface area contributed by atoms with Crippen molar-refractivity contribution in [2.75, 3.05) is 31.1 Å². The molecule has 2 aliphatic rings. The van der Waals surface area contributed by atoms with E-state index in [1.807, 2.05) is 25.1 Å². The number of halogens is 1. The second kappa shape index (κ2) is 8.81. The van der Waals surface area contributed by atoms with Crippen LogP contribution in [0.25, 0.3) is 22.2 Å². The molecule has 1 aliphatic carbocycles. The molecule has 9 heteroatoms. The van der Waals surface area contributed by atoms with E-state index in [0.29, 0.717) is 5.52 Å². The smallest absolute Gasteiger partial charge is 0.167 e. The number of aromatic amines is 1. The van der Waals surface area contributed by atoms with E-state index in [-0.39, 0.29) is 17.2 Å². The van der Waals surface area contributed by atoms with Gasteiger partial charge in [-0.25, -0.2) is 14.4 Å². The Morgan fingerprint density at radius 1 is 1.26 bits per heavy atom. The topological polar surface area (TPSA) is 95.7 Å². The number of aromatic nitrogens is 3. The van der Waals surface area contributed by atoms with E-state index < -0.39 is 0 Å². The SMILES string of the molecule is C=C/C=C(\N=CN)N1CCN(c2cc(-c3n[nH]c4cc(F)c(OC5(C)CC5)cc34)ccn2)CC1. The number of fused-ring (bicyclic) bond motifs is 1. The Morgan fingerprint density at radius 3 is 2.76 bits per heavy atom. The van der Waals surface area contributed by atoms with Crippen molar-refractivity contribution >= 4 is 23.1 Å². The minimum atomic E-state index is -0.382. The van der Waals surface area contributed by atoms with Crippen LogP contribution >= 0.6 is 0 Å². The number of pyridine rings is 1. The number of H-pyrrole nitrogens is 1. The fourth-order valence-electron chi connectivity index (χ4n) is 4.18. The van der Waals surface area contributed by atoms with E-state index in [4.69, 9.17) is 10.5 Å². The molecule has 1 aliphatic heterocycles. The lowest BCUT2D eigenvalue weighted by atomic mass is 10.1. The number of hydrogen-bond donors (Lipinski definition) is 2. The molecule has 8 nitrogen and oxygen atoms in total. The largest absolute Gasteiger partial charge is 0.484 e. The first-order chi connectivity index (χ1) is 16.5. The first-order valence-electron chi connectivity index (χ1n) is 11.4. The van der Waals surface area contributed by atoms with Gasteiger partial charge in [-0.15, -0.1) is 0 Å². The van der Waals surface area contributed by atoms with Crippen LogP contribution in [-0.2, 0) is 0 Å². The summed E-state index contributed by atoms with van der Waals surface area (Å²) in [6.07, 6.45) is 8.52. The summed E-state index contributed by atoms with van der Waals surface area (Å²) < 4.78 is 20.5. The van der Waals surface area contributed by atoms with Crippen LogP contribution in [0.2, 0.25) is 0 Å². The lowest BCUT2D eigenvalue weighted by Crippen LogP contribution is -2.46. The fourth-order valence-corrected chi connectivity index (χ4v) is 4.18. The van der Waals surface area contributed by atoms with Gasteiger partial charge in [0.05, 0.1) is 11.9 Å². The lowest BCUT2D eigenvalue weighted by molar-refractivity contribution is 0.191. The maximum Gasteiger partial charge on any atom is 0.167 e. The van der Waals surface area contributed by atoms with Crippen LogP contribution in [0.5, 0.6) is 5.75 Å². The van der Waals surface area contributed by atoms with Crippen LogP contribution in [0.3, 0.4) is 0 Å². The Bertz CT molecular complexity index is 1270. The predicted molar refractivity (Wildman–Crippen MR) is 132 cm³/mol. The highest BCUT2D eigenvalue weighted by Gasteiger charge is 2.40. The first-order valence-corrected chi connectivity index (χ1v) is 11.4. The molecule has 0 spiro atoms. The molecule has 5 rings (SSSR count). The number of nitrogens with two attached hydrogens (primary N) is 1. The third-order valence-electron chi connectivity index (χ3n) is 6.35. The van der Waals surface area contributed by atoms with Crippen molar-refractivity contribution in [3.8, 4) is 17.0 Å². The third kappa shape index (κ3) is 4.33. The van der Waals surface area contributed by atoms with E-state index in [1.54, 1.807) is 18.3 Å². The molecule has 1 saturated carbocycles. The van der Waals surface area contributed by atoms with Crippen molar-refractivity contribution < 1.29 is 9.13 Å². The number of ether oxygens (including phenoxy) is 1. The van der Waals surface area contributed by atoms with Crippen LogP contribution < -0.4 is 15.4 Å². The zero-order valence-electron chi connectivity index (χ0n) is 19.2. The standard InChI is InChI=1S/C25H28FN7O/c1-3-4-22(29-16-27)32-9-11-33(12-10-32)23-13-17(5-8-28-23)24-18-14-21(34-25(2)6-7-25)19(26)15-20(18)30-31-24/h3-5,8,13-16H,1,6-7,9-12H2,2H3,(H2,27,29)(H,30,31)/b22-4+. The molecule has 0 radical (unpaired) electrons. The van der Waals surface area contributed by atoms with Gasteiger partial charge >= 0.3 is 0 Å². The van der Waals surface area contributed by atoms with Gasteiger partial charge in [-0.2, -0.15) is 5.10 Å². The number of benzene rings is 1. The van der Waals surface area contributed by atoms with Crippen LogP contribution in [0.15, 0.2) is 60.0 Å². The molecule has 3 aromatic rings. The van der Waals surface area contributed by atoms with E-state index in [0.717, 1.165) is 67.3 Å². The van der Waals surface area contributed by atoms with Gasteiger partial charge in [0.25, 0.3) is 0 Å². The molecule has 0 amide bonds. The molecule has 176 valence electrons. The number of piperazine rings is 1. The minimum absolute atomic E-state index is 0.263. The number of nitrogens with one attached hydrogen (secondary N) is 1. The second-order valence-electron chi connectivity index (χ2n) is 8.87. The van der Waals surface area contributed by atoms with E-state index >= 15 is 0 Å². The van der Waals surface area contributed by atoms with Gasteiger partial charge in [-0.05, 0) is 44.0 Å². The van der Waals surface area contributed by atoms with Gasteiger partial charge < -0.3 is 20.3 Å². The summed E-state index contributed by atoms with van der Waals surface area (Å²) in [5.41, 5.74) is 7.52. The van der Waals surface area contributed by atoms with Crippen molar-refractivity contribution in [1.29, 1.82) is 0 Å². The minimum Gasteiger partial charge on any atom is -0.484 e. The third-order valence-corrected chi connectivity index (χ3v) is 6.35. The summed E-state index contributed by atoms with van der Waals surface area (Å²) in [5.74, 6) is 1.55. The molecule has 1 aromatic carbocycles. The molecule has 2 fully saturated rings. The number of nitrogens with zero attached hydrogens (tertiary/aromatic N) is 5. The summed E-state index contributed by atoms with van der Waals surface area (Å²) in [5, 5.41) is 8.25. The summed E-state index contributed by atoms with van der Waals surface area (Å²) in [6.45, 7) is 8.89. The maximum atomic E-state index is 14.6. The van der Waals surface area contributed by atoms with Gasteiger partial charge in [0, 0.05) is 49.4 Å². The van der Waals surface area contributed by atoms with Crippen molar-refractivity contribution in [2.45, 2.75) is 25.4 Å². The van der Waals surface area contributed by atoms with E-state index in [2.05, 4.69) is 36.6 Å². The number of hydrogen-bond acceptors (Lipinski definition) is 6. The zero-order valence-corrected chi connectivity index (χ0v) is 19.2. The highest BCUT2D eigenvalue weighted by Crippen LogP contribution is 2.41. The fraction of sp³-hybridized carbons (Fsp3) is 0.320. The quantitative estimate of drug-likeness (QED) is 0.315. The van der Waals surface area contributed by atoms with Gasteiger partial charge in [-0.3, -0.25) is 5.10 Å². The van der Waals surface area contributed by atoms with Crippen molar-refractivity contribution in [3.63, 3.8) is 0 Å². The van der Waals surface area contributed by atoms with Gasteiger partial charge in [0.1, 0.15) is 22.9 Å². The Kier molecular flexibility index (Phi) is 5.69. The number of aliphatic imine (C=N–C) groups is 1. The Balaban J connectivity index is 1.38. The van der Waals surface area contributed by atoms with Crippen LogP contribution in [-0.4, -0.2) is 58.2 Å². The first kappa shape index (κ1) is 21.9. The summed E-state index contributed by atoms with van der Waals surface area (Å²) >= 11 is 0. The molecular weight excluding hydrogens is 433 g/mol. The normalized spacial score (nSPS) is 18.0. The van der Waals surface area contributed by atoms with Crippen molar-refractivity contribution in [2.24, 2.45) is 10.7 Å². The molecular formula is C25H28FN7O. The van der Waals surface area contributed by atoms with Crippen LogP contribution in [0.4, 0.5) is 10.2 Å². The highest BCUT2D eigenvalue weighted by molar-refractivity contribution is 5.94. The maximum absolute atomic E-state index is 14.6. The summed E-state index contributed by atoms with van der Waals surface area (Å²) in [4.78, 5) is 13.2. The van der Waals surface area contributed by atoms with E-state index in [1.165, 1.54) is 12.4 Å². The monoisotopic (exact) mass is 461 g/mol. The summed E-state index contributed by atoms with van der Waals surface area (Å²) in [6, 6.07) is 7.14. The summed E-state index contributed by atoms with van der Waals surface area (Å²) in [7, 11) is 0. The molecule has 3 N–H and O–H groups in total. The predicted octanol–water partition coefficient (Wildman–Crippen LogP) is 3.83. The van der Waals surface area contributed by atoms with Crippen LogP contribution in [0, 0.1) is 5.82 Å². The Morgan fingerprint density at radius 2 is 2.06 bits per heavy atom. The second-order valence-corrected chi connectivity index (χ2v) is 8.87. The zero-order chi connectivity index (χ0) is 23.7. The van der Waals surface area contributed by atoms with Gasteiger partial charge in [0.15, 0.2) is 11.6 Å².